The van der Waals surface area contributed by atoms with Gasteiger partial charge in [0.05, 0.1) is 18.1 Å². The molecule has 21 heavy (non-hydrogen) atoms. The van der Waals surface area contributed by atoms with E-state index in [1.54, 1.807) is 6.33 Å². The van der Waals surface area contributed by atoms with Gasteiger partial charge in [-0.15, -0.1) is 0 Å². The molecule has 2 atom stereocenters. The molecule has 114 valence electrons. The Bertz CT molecular complexity index is 500. The van der Waals surface area contributed by atoms with Crippen LogP contribution in [0.3, 0.4) is 0 Å². The number of fused-ring (bicyclic) bond motifs is 2. The molecule has 0 N–H and O–H groups in total. The van der Waals surface area contributed by atoms with Crippen molar-refractivity contribution in [1.29, 1.82) is 0 Å². The number of likely N-dealkylation sites (tertiary alicyclic amines) is 1. The number of amides is 1. The molecule has 1 aromatic heterocycles. The van der Waals surface area contributed by atoms with Gasteiger partial charge in [0.15, 0.2) is 0 Å². The van der Waals surface area contributed by atoms with Gasteiger partial charge in [-0.25, -0.2) is 14.8 Å². The van der Waals surface area contributed by atoms with Crippen LogP contribution in [0.25, 0.3) is 0 Å². The lowest BCUT2D eigenvalue weighted by Crippen LogP contribution is -2.56. The summed E-state index contributed by atoms with van der Waals surface area (Å²) in [7, 11) is 0. The first-order chi connectivity index (χ1) is 9.94. The molecule has 2 saturated heterocycles. The number of hydrogen-bond donors (Lipinski definition) is 0. The van der Waals surface area contributed by atoms with E-state index in [1.165, 1.54) is 0 Å². The topological polar surface area (TPSA) is 58.6 Å². The van der Waals surface area contributed by atoms with E-state index in [0.29, 0.717) is 25.2 Å². The summed E-state index contributed by atoms with van der Waals surface area (Å²) in [5, 5.41) is 0. The fourth-order valence-corrected chi connectivity index (χ4v) is 3.22. The molecule has 0 spiro atoms. The number of anilines is 1. The smallest absolute Gasteiger partial charge is 0.410 e. The first-order valence-corrected chi connectivity index (χ1v) is 7.45. The van der Waals surface area contributed by atoms with Gasteiger partial charge in [-0.2, -0.15) is 0 Å². The summed E-state index contributed by atoms with van der Waals surface area (Å²) in [4.78, 5) is 24.6. The van der Waals surface area contributed by atoms with Crippen molar-refractivity contribution in [2.24, 2.45) is 0 Å². The molecule has 6 heteroatoms. The highest BCUT2D eigenvalue weighted by Crippen LogP contribution is 2.34. The highest BCUT2D eigenvalue weighted by molar-refractivity contribution is 5.69. The minimum Gasteiger partial charge on any atom is -0.444 e. The summed E-state index contributed by atoms with van der Waals surface area (Å²) >= 11 is 0. The van der Waals surface area contributed by atoms with Crippen molar-refractivity contribution in [2.45, 2.75) is 51.3 Å². The third-order valence-corrected chi connectivity index (χ3v) is 3.98. The second kappa shape index (κ2) is 5.16. The van der Waals surface area contributed by atoms with Crippen LogP contribution in [0, 0.1) is 0 Å². The Balaban J connectivity index is 1.71. The van der Waals surface area contributed by atoms with Crippen molar-refractivity contribution in [3.05, 3.63) is 18.7 Å². The summed E-state index contributed by atoms with van der Waals surface area (Å²) < 4.78 is 5.49. The lowest BCUT2D eigenvalue weighted by molar-refractivity contribution is 0.0209. The van der Waals surface area contributed by atoms with Crippen LogP contribution >= 0.6 is 0 Å². The Morgan fingerprint density at radius 3 is 2.29 bits per heavy atom. The molecule has 0 radical (unpaired) electrons. The van der Waals surface area contributed by atoms with Crippen LogP contribution in [0.2, 0.25) is 0 Å². The maximum Gasteiger partial charge on any atom is 0.410 e. The third-order valence-electron chi connectivity index (χ3n) is 3.98. The lowest BCUT2D eigenvalue weighted by atomic mass is 10.1. The van der Waals surface area contributed by atoms with Gasteiger partial charge < -0.3 is 14.5 Å². The first-order valence-electron chi connectivity index (χ1n) is 7.45. The van der Waals surface area contributed by atoms with Gasteiger partial charge in [-0.3, -0.25) is 0 Å². The number of aromatic nitrogens is 2. The third kappa shape index (κ3) is 2.94. The van der Waals surface area contributed by atoms with Gasteiger partial charge in [0, 0.05) is 25.2 Å². The first kappa shape index (κ1) is 14.1. The van der Waals surface area contributed by atoms with E-state index < -0.39 is 5.60 Å². The van der Waals surface area contributed by atoms with Crippen LogP contribution in [0.1, 0.15) is 33.6 Å². The van der Waals surface area contributed by atoms with E-state index in [1.807, 2.05) is 38.1 Å². The number of rotatable bonds is 1. The SMILES string of the molecule is CC(C)(C)OC(=O)N1CC2CCC(C1)N2c1cncnc1. The van der Waals surface area contributed by atoms with Crippen molar-refractivity contribution in [1.82, 2.24) is 14.9 Å². The second-order valence-electron chi connectivity index (χ2n) is 6.77. The Morgan fingerprint density at radius 1 is 1.19 bits per heavy atom. The van der Waals surface area contributed by atoms with Gasteiger partial charge >= 0.3 is 6.09 Å². The molecule has 0 aromatic carbocycles. The molecule has 1 amide bonds. The minimum atomic E-state index is -0.444. The number of carbonyl (C=O) groups excluding carboxylic acids is 1. The molecule has 2 aliphatic rings. The number of nitrogens with zero attached hydrogens (tertiary/aromatic N) is 4. The fraction of sp³-hybridized carbons (Fsp3) is 0.667. The Labute approximate surface area is 125 Å². The average molecular weight is 290 g/mol. The molecule has 6 nitrogen and oxygen atoms in total. The van der Waals surface area contributed by atoms with Gasteiger partial charge in [0.1, 0.15) is 11.9 Å². The quantitative estimate of drug-likeness (QED) is 0.792. The largest absolute Gasteiger partial charge is 0.444 e. The maximum atomic E-state index is 12.2. The summed E-state index contributed by atoms with van der Waals surface area (Å²) in [6.07, 6.45) is 7.23. The van der Waals surface area contributed by atoms with Crippen LogP contribution < -0.4 is 4.90 Å². The predicted molar refractivity (Wildman–Crippen MR) is 79.1 cm³/mol. The van der Waals surface area contributed by atoms with E-state index in [-0.39, 0.29) is 6.09 Å². The molecular formula is C15H22N4O2. The normalized spacial score (nSPS) is 25.1. The van der Waals surface area contributed by atoms with Crippen LogP contribution in [0.15, 0.2) is 18.7 Å². The Morgan fingerprint density at radius 2 is 1.76 bits per heavy atom. The predicted octanol–water partition coefficient (Wildman–Crippen LogP) is 2.06. The maximum absolute atomic E-state index is 12.2. The Kier molecular flexibility index (Phi) is 3.47. The summed E-state index contributed by atoms with van der Waals surface area (Å²) in [6.45, 7) is 7.12. The molecule has 2 aliphatic heterocycles. The molecule has 1 aromatic rings. The fourth-order valence-electron chi connectivity index (χ4n) is 3.22. The van der Waals surface area contributed by atoms with Gasteiger partial charge in [-0.1, -0.05) is 0 Å². The van der Waals surface area contributed by atoms with E-state index in [2.05, 4.69) is 14.9 Å². The van der Waals surface area contributed by atoms with E-state index in [4.69, 9.17) is 4.74 Å². The average Bonchev–Trinajstić information content (AvgIpc) is 2.68. The Hall–Kier alpha value is -1.85. The number of carbonyl (C=O) groups is 1. The monoisotopic (exact) mass is 290 g/mol. The standard InChI is InChI=1S/C15H22N4O2/c1-15(2,3)21-14(20)18-8-11-4-5-12(9-18)19(11)13-6-16-10-17-7-13/h6-7,10-12H,4-5,8-9H2,1-3H3. The van der Waals surface area contributed by atoms with Crippen molar-refractivity contribution in [2.75, 3.05) is 18.0 Å². The van der Waals surface area contributed by atoms with Crippen molar-refractivity contribution in [3.8, 4) is 0 Å². The molecule has 0 aliphatic carbocycles. The van der Waals surface area contributed by atoms with Crippen molar-refractivity contribution < 1.29 is 9.53 Å². The minimum absolute atomic E-state index is 0.205. The van der Waals surface area contributed by atoms with Crippen molar-refractivity contribution >= 4 is 11.8 Å². The van der Waals surface area contributed by atoms with Gasteiger partial charge in [-0.05, 0) is 33.6 Å². The highest BCUT2D eigenvalue weighted by atomic mass is 16.6. The highest BCUT2D eigenvalue weighted by Gasteiger charge is 2.42. The van der Waals surface area contributed by atoms with Crippen LogP contribution in [0.4, 0.5) is 10.5 Å². The van der Waals surface area contributed by atoms with Crippen LogP contribution in [0.5, 0.6) is 0 Å². The van der Waals surface area contributed by atoms with Crippen molar-refractivity contribution in [3.63, 3.8) is 0 Å². The molecule has 2 bridgehead atoms. The van der Waals surface area contributed by atoms with E-state index in [9.17, 15) is 4.79 Å². The molecule has 2 fully saturated rings. The summed E-state index contributed by atoms with van der Waals surface area (Å²) in [6, 6.07) is 0.671. The molecular weight excluding hydrogens is 268 g/mol. The molecule has 2 unspecified atom stereocenters. The molecule has 3 heterocycles. The summed E-state index contributed by atoms with van der Waals surface area (Å²) in [5.74, 6) is 0. The van der Waals surface area contributed by atoms with E-state index >= 15 is 0 Å². The van der Waals surface area contributed by atoms with Gasteiger partial charge in [0.2, 0.25) is 0 Å². The lowest BCUT2D eigenvalue weighted by Gasteiger charge is -2.42. The molecule has 3 rings (SSSR count). The molecule has 0 saturated carbocycles. The second-order valence-corrected chi connectivity index (χ2v) is 6.77. The number of ether oxygens (including phenoxy) is 1. The summed E-state index contributed by atoms with van der Waals surface area (Å²) in [5.41, 5.74) is 0.606. The van der Waals surface area contributed by atoms with Crippen LogP contribution in [-0.2, 0) is 4.74 Å². The zero-order chi connectivity index (χ0) is 15.0. The van der Waals surface area contributed by atoms with E-state index in [0.717, 1.165) is 18.5 Å². The zero-order valence-corrected chi connectivity index (χ0v) is 12.8. The van der Waals surface area contributed by atoms with Crippen LogP contribution in [-0.4, -0.2) is 51.7 Å². The number of hydrogen-bond acceptors (Lipinski definition) is 5. The zero-order valence-electron chi connectivity index (χ0n) is 12.8. The number of piperazine rings is 1. The van der Waals surface area contributed by atoms with Gasteiger partial charge in [0.25, 0.3) is 0 Å².